The Bertz CT molecular complexity index is 1490. The van der Waals surface area contributed by atoms with E-state index in [0.29, 0.717) is 11.3 Å². The van der Waals surface area contributed by atoms with Crippen molar-refractivity contribution in [3.05, 3.63) is 83.3 Å². The minimum atomic E-state index is -0.222. The van der Waals surface area contributed by atoms with E-state index in [2.05, 4.69) is 34.5 Å². The van der Waals surface area contributed by atoms with Gasteiger partial charge in [0.05, 0.1) is 34.7 Å². The standard InChI is InChI=1S/C30H29N5O2/c1-3-16-32-30(36)25-8-4-5-9-26(25)33-23-11-13-24-27(14-12-22-19-21(2)15-17-31-22)34-35(28(24)20-23)29-10-6-7-18-37-29/h1,4-5,8-9,11-15,17,19-20,29,33H,6-7,10,16,18H2,2H3,(H,32,36). The summed E-state index contributed by atoms with van der Waals surface area (Å²) >= 11 is 0. The van der Waals surface area contributed by atoms with Crippen molar-refractivity contribution in [2.75, 3.05) is 18.5 Å². The molecule has 2 aromatic carbocycles. The number of hydrogen-bond acceptors (Lipinski definition) is 5. The topological polar surface area (TPSA) is 81.1 Å². The molecule has 2 aromatic heterocycles. The minimum absolute atomic E-state index is 0.118. The third-order valence-corrected chi connectivity index (χ3v) is 6.31. The smallest absolute Gasteiger partial charge is 0.254 e. The summed E-state index contributed by atoms with van der Waals surface area (Å²) in [6.07, 6.45) is 14.1. The van der Waals surface area contributed by atoms with E-state index in [1.807, 2.05) is 65.5 Å². The molecule has 1 unspecified atom stereocenters. The fourth-order valence-electron chi connectivity index (χ4n) is 4.49. The highest BCUT2D eigenvalue weighted by atomic mass is 16.5. The molecule has 4 aromatic rings. The van der Waals surface area contributed by atoms with Crippen LogP contribution in [0.2, 0.25) is 0 Å². The van der Waals surface area contributed by atoms with Gasteiger partial charge < -0.3 is 15.4 Å². The summed E-state index contributed by atoms with van der Waals surface area (Å²) in [4.78, 5) is 17.0. The van der Waals surface area contributed by atoms with Crippen LogP contribution in [0.3, 0.4) is 0 Å². The van der Waals surface area contributed by atoms with E-state index in [1.165, 1.54) is 0 Å². The lowest BCUT2D eigenvalue weighted by molar-refractivity contribution is -0.0367. The second-order valence-corrected chi connectivity index (χ2v) is 9.03. The number of fused-ring (bicyclic) bond motifs is 1. The van der Waals surface area contributed by atoms with Crippen molar-refractivity contribution in [3.63, 3.8) is 0 Å². The summed E-state index contributed by atoms with van der Waals surface area (Å²) in [6, 6.07) is 17.5. The molecule has 5 rings (SSSR count). The van der Waals surface area contributed by atoms with Gasteiger partial charge in [-0.25, -0.2) is 4.68 Å². The lowest BCUT2D eigenvalue weighted by atomic mass is 10.1. The summed E-state index contributed by atoms with van der Waals surface area (Å²) in [6.45, 7) is 2.95. The molecular formula is C30H29N5O2. The first kappa shape index (κ1) is 24.3. The van der Waals surface area contributed by atoms with Crippen molar-refractivity contribution in [2.24, 2.45) is 0 Å². The zero-order chi connectivity index (χ0) is 25.6. The largest absolute Gasteiger partial charge is 0.356 e. The van der Waals surface area contributed by atoms with Gasteiger partial charge in [0.25, 0.3) is 5.91 Å². The fourth-order valence-corrected chi connectivity index (χ4v) is 4.49. The number of carbonyl (C=O) groups is 1. The van der Waals surface area contributed by atoms with Gasteiger partial charge in [-0.05, 0) is 86.4 Å². The van der Waals surface area contributed by atoms with Crippen LogP contribution in [0.1, 0.15) is 52.8 Å². The SMILES string of the molecule is C#CCNC(=O)c1ccccc1Nc1ccc2c(C=Cc3cc(C)ccn3)nn(C3CCCCO3)c2c1. The highest BCUT2D eigenvalue weighted by molar-refractivity contribution is 6.01. The van der Waals surface area contributed by atoms with Gasteiger partial charge in [-0.1, -0.05) is 18.1 Å². The van der Waals surface area contributed by atoms with E-state index in [4.69, 9.17) is 16.3 Å². The Kier molecular flexibility index (Phi) is 7.29. The van der Waals surface area contributed by atoms with E-state index in [0.717, 1.165) is 59.4 Å². The van der Waals surface area contributed by atoms with Crippen molar-refractivity contribution in [1.29, 1.82) is 0 Å². The van der Waals surface area contributed by atoms with Crippen molar-refractivity contribution >= 4 is 40.3 Å². The Balaban J connectivity index is 1.51. The maximum atomic E-state index is 12.6. The molecule has 1 atom stereocenters. The molecule has 1 saturated heterocycles. The summed E-state index contributed by atoms with van der Waals surface area (Å²) in [5.41, 5.74) is 5.92. The van der Waals surface area contributed by atoms with Gasteiger partial charge >= 0.3 is 0 Å². The van der Waals surface area contributed by atoms with Crippen molar-refractivity contribution in [3.8, 4) is 12.3 Å². The van der Waals surface area contributed by atoms with E-state index < -0.39 is 0 Å². The second-order valence-electron chi connectivity index (χ2n) is 9.03. The summed E-state index contributed by atoms with van der Waals surface area (Å²) in [5, 5.41) is 12.1. The number of carbonyl (C=O) groups excluding carboxylic acids is 1. The molecule has 1 aliphatic rings. The quantitative estimate of drug-likeness (QED) is 0.324. The molecule has 0 bridgehead atoms. The number of terminal acetylenes is 1. The Morgan fingerprint density at radius 1 is 1.19 bits per heavy atom. The first-order valence-electron chi connectivity index (χ1n) is 12.4. The van der Waals surface area contributed by atoms with Crippen LogP contribution in [0.5, 0.6) is 0 Å². The lowest BCUT2D eigenvalue weighted by Crippen LogP contribution is -2.24. The number of anilines is 2. The van der Waals surface area contributed by atoms with E-state index in [9.17, 15) is 4.79 Å². The van der Waals surface area contributed by atoms with Crippen molar-refractivity contribution in [2.45, 2.75) is 32.4 Å². The van der Waals surface area contributed by atoms with Crippen LogP contribution in [0.15, 0.2) is 60.8 Å². The zero-order valence-corrected chi connectivity index (χ0v) is 20.8. The minimum Gasteiger partial charge on any atom is -0.356 e. The third kappa shape index (κ3) is 5.55. The molecule has 0 saturated carbocycles. The molecule has 2 N–H and O–H groups in total. The highest BCUT2D eigenvalue weighted by Gasteiger charge is 2.21. The first-order chi connectivity index (χ1) is 18.1. The third-order valence-electron chi connectivity index (χ3n) is 6.31. The van der Waals surface area contributed by atoms with E-state index in [1.54, 1.807) is 6.07 Å². The number of pyridine rings is 1. The number of ether oxygens (including phenoxy) is 1. The maximum Gasteiger partial charge on any atom is 0.254 e. The summed E-state index contributed by atoms with van der Waals surface area (Å²) < 4.78 is 8.07. The number of aryl methyl sites for hydroxylation is 1. The monoisotopic (exact) mass is 491 g/mol. The number of aromatic nitrogens is 3. The molecule has 1 amide bonds. The maximum absolute atomic E-state index is 12.6. The Hall–Kier alpha value is -4.41. The summed E-state index contributed by atoms with van der Waals surface area (Å²) in [5.74, 6) is 2.22. The van der Waals surface area contributed by atoms with Gasteiger partial charge in [-0.2, -0.15) is 5.10 Å². The number of para-hydroxylation sites is 1. The molecule has 0 spiro atoms. The molecule has 1 aliphatic heterocycles. The van der Waals surface area contributed by atoms with Crippen molar-refractivity contribution in [1.82, 2.24) is 20.1 Å². The van der Waals surface area contributed by atoms with Crippen LogP contribution < -0.4 is 10.6 Å². The van der Waals surface area contributed by atoms with E-state index >= 15 is 0 Å². The molecule has 7 nitrogen and oxygen atoms in total. The first-order valence-corrected chi connectivity index (χ1v) is 12.4. The van der Waals surface area contributed by atoms with Crippen LogP contribution in [-0.4, -0.2) is 33.8 Å². The molecular weight excluding hydrogens is 462 g/mol. The average Bonchev–Trinajstić information content (AvgIpc) is 3.29. The predicted octanol–water partition coefficient (Wildman–Crippen LogP) is 5.72. The van der Waals surface area contributed by atoms with Gasteiger partial charge in [-0.15, -0.1) is 6.42 Å². The molecule has 37 heavy (non-hydrogen) atoms. The predicted molar refractivity (Wildman–Crippen MR) is 147 cm³/mol. The Labute approximate surface area is 216 Å². The molecule has 186 valence electrons. The molecule has 1 fully saturated rings. The van der Waals surface area contributed by atoms with Gasteiger partial charge in [0.2, 0.25) is 0 Å². The highest BCUT2D eigenvalue weighted by Crippen LogP contribution is 2.32. The molecule has 0 radical (unpaired) electrons. The number of rotatable bonds is 7. The Morgan fingerprint density at radius 2 is 2.08 bits per heavy atom. The zero-order valence-electron chi connectivity index (χ0n) is 20.8. The summed E-state index contributed by atoms with van der Waals surface area (Å²) in [7, 11) is 0. The van der Waals surface area contributed by atoms with Gasteiger partial charge in [-0.3, -0.25) is 9.78 Å². The molecule has 3 heterocycles. The number of benzene rings is 2. The number of nitrogens with zero attached hydrogens (tertiary/aromatic N) is 3. The van der Waals surface area contributed by atoms with Crippen LogP contribution in [0, 0.1) is 19.3 Å². The Morgan fingerprint density at radius 3 is 2.89 bits per heavy atom. The molecule has 0 aliphatic carbocycles. The van der Waals surface area contributed by atoms with Crippen LogP contribution in [0.4, 0.5) is 11.4 Å². The fraction of sp³-hybridized carbons (Fsp3) is 0.233. The lowest BCUT2D eigenvalue weighted by Gasteiger charge is -2.23. The second kappa shape index (κ2) is 11.1. The van der Waals surface area contributed by atoms with E-state index in [-0.39, 0.29) is 18.7 Å². The average molecular weight is 492 g/mol. The van der Waals surface area contributed by atoms with Crippen LogP contribution >= 0.6 is 0 Å². The number of nitrogens with one attached hydrogen (secondary N) is 2. The normalized spacial score (nSPS) is 15.5. The van der Waals surface area contributed by atoms with Crippen molar-refractivity contribution < 1.29 is 9.53 Å². The molecule has 7 heteroatoms. The van der Waals surface area contributed by atoms with Gasteiger partial charge in [0, 0.05) is 23.9 Å². The van der Waals surface area contributed by atoms with Gasteiger partial charge in [0.1, 0.15) is 0 Å². The number of amides is 1. The van der Waals surface area contributed by atoms with Crippen LogP contribution in [-0.2, 0) is 4.74 Å². The number of hydrogen-bond donors (Lipinski definition) is 2. The van der Waals surface area contributed by atoms with Crippen LogP contribution in [0.25, 0.3) is 23.1 Å². The van der Waals surface area contributed by atoms with Gasteiger partial charge in [0.15, 0.2) is 6.23 Å².